The molecule has 1 N–H and O–H groups in total. The van der Waals surface area contributed by atoms with Gasteiger partial charge in [0.2, 0.25) is 0 Å². The smallest absolute Gasteiger partial charge is 0.368 e. The SMILES string of the molecule is O=C1N=C(/C=C/c2ccccc2OCc2ccccc2Cl)NC(=O)C1[N+](=O)[O-]. The van der Waals surface area contributed by atoms with Crippen molar-refractivity contribution in [3.63, 3.8) is 0 Å². The number of aliphatic imine (C=N–C) groups is 1. The summed E-state index contributed by atoms with van der Waals surface area (Å²) < 4.78 is 5.82. The molecule has 1 aliphatic heterocycles. The highest BCUT2D eigenvalue weighted by Crippen LogP contribution is 2.23. The van der Waals surface area contributed by atoms with Gasteiger partial charge in [-0.15, -0.1) is 0 Å². The van der Waals surface area contributed by atoms with E-state index in [1.54, 1.807) is 36.4 Å². The molecule has 0 spiro atoms. The molecular weight excluding hydrogens is 386 g/mol. The maximum Gasteiger partial charge on any atom is 0.368 e. The third-order valence-corrected chi connectivity index (χ3v) is 4.22. The van der Waals surface area contributed by atoms with E-state index in [9.17, 15) is 19.7 Å². The number of carbonyl (C=O) groups is 2. The van der Waals surface area contributed by atoms with Crippen LogP contribution < -0.4 is 10.1 Å². The minimum absolute atomic E-state index is 0.0750. The van der Waals surface area contributed by atoms with E-state index in [2.05, 4.69) is 10.3 Å². The third-order valence-electron chi connectivity index (χ3n) is 3.86. The molecule has 2 aromatic rings. The lowest BCUT2D eigenvalue weighted by Gasteiger charge is -2.13. The molecule has 9 heteroatoms. The fraction of sp³-hybridized carbons (Fsp3) is 0.105. The number of hydrogen-bond donors (Lipinski definition) is 1. The van der Waals surface area contributed by atoms with E-state index >= 15 is 0 Å². The predicted octanol–water partition coefficient (Wildman–Crippen LogP) is 2.63. The normalized spacial score (nSPS) is 16.6. The van der Waals surface area contributed by atoms with Crippen LogP contribution in [-0.2, 0) is 16.2 Å². The first-order valence-electron chi connectivity index (χ1n) is 8.16. The van der Waals surface area contributed by atoms with Crippen molar-refractivity contribution >= 4 is 35.3 Å². The van der Waals surface area contributed by atoms with Gasteiger partial charge in [0.1, 0.15) is 18.2 Å². The molecule has 0 aliphatic carbocycles. The van der Waals surface area contributed by atoms with E-state index in [4.69, 9.17) is 16.3 Å². The van der Waals surface area contributed by atoms with Crippen LogP contribution >= 0.6 is 11.6 Å². The van der Waals surface area contributed by atoms with Crippen LogP contribution in [0.3, 0.4) is 0 Å². The summed E-state index contributed by atoms with van der Waals surface area (Å²) in [6.07, 6.45) is 2.96. The molecule has 1 heterocycles. The van der Waals surface area contributed by atoms with Crippen molar-refractivity contribution in [1.29, 1.82) is 0 Å². The predicted molar refractivity (Wildman–Crippen MR) is 103 cm³/mol. The second-order valence-electron chi connectivity index (χ2n) is 5.76. The van der Waals surface area contributed by atoms with E-state index < -0.39 is 22.8 Å². The molecule has 2 aromatic carbocycles. The van der Waals surface area contributed by atoms with Gasteiger partial charge < -0.3 is 10.1 Å². The summed E-state index contributed by atoms with van der Waals surface area (Å²) in [5, 5.41) is 13.6. The van der Waals surface area contributed by atoms with Crippen molar-refractivity contribution < 1.29 is 19.2 Å². The van der Waals surface area contributed by atoms with Gasteiger partial charge in [0.25, 0.3) is 0 Å². The standard InChI is InChI=1S/C19H14ClN3O5/c20-14-7-3-1-6-13(14)11-28-15-8-4-2-5-12(15)9-10-16-21-18(24)17(23(26)27)19(25)22-16/h1-10,17H,11H2,(H,21,22,24,25)/b10-9+. The Hall–Kier alpha value is -3.52. The molecule has 0 saturated carbocycles. The molecule has 28 heavy (non-hydrogen) atoms. The second-order valence-corrected chi connectivity index (χ2v) is 6.17. The number of carbonyl (C=O) groups excluding carboxylic acids is 2. The Morgan fingerprint density at radius 1 is 1.14 bits per heavy atom. The summed E-state index contributed by atoms with van der Waals surface area (Å²) in [7, 11) is 0. The highest BCUT2D eigenvalue weighted by atomic mass is 35.5. The molecular formula is C19H14ClN3O5. The van der Waals surface area contributed by atoms with Gasteiger partial charge in [-0.1, -0.05) is 48.0 Å². The summed E-state index contributed by atoms with van der Waals surface area (Å²) in [6, 6.07) is 12.4. The Labute approximate surface area is 164 Å². The molecule has 8 nitrogen and oxygen atoms in total. The Bertz CT molecular complexity index is 1000. The number of rotatable bonds is 6. The molecule has 3 rings (SSSR count). The zero-order valence-corrected chi connectivity index (χ0v) is 15.1. The number of amidine groups is 1. The van der Waals surface area contributed by atoms with Crippen molar-refractivity contribution in [3.05, 3.63) is 80.9 Å². The van der Waals surface area contributed by atoms with Gasteiger partial charge in [0.15, 0.2) is 0 Å². The fourth-order valence-corrected chi connectivity index (χ4v) is 2.66. The first-order valence-corrected chi connectivity index (χ1v) is 8.53. The number of para-hydroxylation sites is 1. The molecule has 0 saturated heterocycles. The number of nitrogens with one attached hydrogen (secondary N) is 1. The first-order chi connectivity index (χ1) is 13.5. The lowest BCUT2D eigenvalue weighted by Crippen LogP contribution is -2.50. The summed E-state index contributed by atoms with van der Waals surface area (Å²) in [5.74, 6) is -1.66. The zero-order chi connectivity index (χ0) is 20.1. The Morgan fingerprint density at radius 2 is 1.86 bits per heavy atom. The van der Waals surface area contributed by atoms with Crippen molar-refractivity contribution in [3.8, 4) is 5.75 Å². The van der Waals surface area contributed by atoms with Gasteiger partial charge in [-0.3, -0.25) is 19.7 Å². The number of benzene rings is 2. The van der Waals surface area contributed by atoms with Gasteiger partial charge in [0, 0.05) is 21.1 Å². The van der Waals surface area contributed by atoms with Gasteiger partial charge in [0.05, 0.1) is 0 Å². The second kappa shape index (κ2) is 8.45. The van der Waals surface area contributed by atoms with Crippen LogP contribution in [0.4, 0.5) is 0 Å². The van der Waals surface area contributed by atoms with Crippen LogP contribution in [0.2, 0.25) is 5.02 Å². The summed E-state index contributed by atoms with van der Waals surface area (Å²) in [6.45, 7) is 0.255. The number of amides is 2. The fourth-order valence-electron chi connectivity index (χ4n) is 2.47. The number of halogens is 1. The Balaban J connectivity index is 1.76. The van der Waals surface area contributed by atoms with Crippen LogP contribution in [0.1, 0.15) is 11.1 Å². The Kier molecular flexibility index (Phi) is 5.81. The maximum absolute atomic E-state index is 11.7. The topological polar surface area (TPSA) is 111 Å². The van der Waals surface area contributed by atoms with E-state index in [0.29, 0.717) is 16.3 Å². The average Bonchev–Trinajstić information content (AvgIpc) is 2.65. The zero-order valence-electron chi connectivity index (χ0n) is 14.4. The van der Waals surface area contributed by atoms with Crippen LogP contribution in [-0.4, -0.2) is 28.6 Å². The molecule has 0 fully saturated rings. The number of nitro groups is 1. The lowest BCUT2D eigenvalue weighted by atomic mass is 10.1. The lowest BCUT2D eigenvalue weighted by molar-refractivity contribution is -0.493. The first kappa shape index (κ1) is 19.2. The van der Waals surface area contributed by atoms with E-state index in [0.717, 1.165) is 5.56 Å². The molecule has 142 valence electrons. The minimum Gasteiger partial charge on any atom is -0.488 e. The van der Waals surface area contributed by atoms with Gasteiger partial charge in [-0.25, -0.2) is 0 Å². The summed E-state index contributed by atoms with van der Waals surface area (Å²) in [5.41, 5.74) is 1.48. The van der Waals surface area contributed by atoms with Crippen LogP contribution in [0, 0.1) is 10.1 Å². The van der Waals surface area contributed by atoms with E-state index in [-0.39, 0.29) is 12.4 Å². The van der Waals surface area contributed by atoms with Crippen LogP contribution in [0.5, 0.6) is 5.75 Å². The molecule has 0 aromatic heterocycles. The van der Waals surface area contributed by atoms with Crippen molar-refractivity contribution in [2.24, 2.45) is 4.99 Å². The molecule has 1 atom stereocenters. The number of hydrogen-bond acceptors (Lipinski definition) is 5. The van der Waals surface area contributed by atoms with E-state index in [1.165, 1.54) is 6.08 Å². The molecule has 2 amide bonds. The average molecular weight is 400 g/mol. The highest BCUT2D eigenvalue weighted by molar-refractivity contribution is 6.31. The minimum atomic E-state index is -2.01. The quantitative estimate of drug-likeness (QED) is 0.456. The number of ether oxygens (including phenoxy) is 1. The van der Waals surface area contributed by atoms with Crippen molar-refractivity contribution in [2.75, 3.05) is 0 Å². The molecule has 0 radical (unpaired) electrons. The van der Waals surface area contributed by atoms with Gasteiger partial charge >= 0.3 is 17.9 Å². The molecule has 1 aliphatic rings. The van der Waals surface area contributed by atoms with E-state index in [1.807, 2.05) is 18.2 Å². The van der Waals surface area contributed by atoms with Crippen molar-refractivity contribution in [2.45, 2.75) is 12.6 Å². The van der Waals surface area contributed by atoms with Crippen molar-refractivity contribution in [1.82, 2.24) is 5.32 Å². The highest BCUT2D eigenvalue weighted by Gasteiger charge is 2.41. The monoisotopic (exact) mass is 399 g/mol. The Morgan fingerprint density at radius 3 is 2.57 bits per heavy atom. The van der Waals surface area contributed by atoms with Gasteiger partial charge in [-0.2, -0.15) is 4.99 Å². The maximum atomic E-state index is 11.7. The third kappa shape index (κ3) is 4.41. The van der Waals surface area contributed by atoms with Gasteiger partial charge in [-0.05, 0) is 24.3 Å². The summed E-state index contributed by atoms with van der Waals surface area (Å²) >= 11 is 6.12. The largest absolute Gasteiger partial charge is 0.488 e. The molecule has 1 unspecified atom stereocenters. The number of nitrogens with zero attached hydrogens (tertiary/aromatic N) is 2. The van der Waals surface area contributed by atoms with Crippen LogP contribution in [0.15, 0.2) is 59.6 Å². The van der Waals surface area contributed by atoms with Crippen LogP contribution in [0.25, 0.3) is 6.08 Å². The molecule has 0 bridgehead atoms. The summed E-state index contributed by atoms with van der Waals surface area (Å²) in [4.78, 5) is 36.7.